The molecule has 0 aromatic heterocycles. The van der Waals surface area contributed by atoms with Gasteiger partial charge in [-0.1, -0.05) is 6.08 Å². The molecule has 0 fully saturated rings. The zero-order valence-corrected chi connectivity index (χ0v) is 11.3. The van der Waals surface area contributed by atoms with Gasteiger partial charge in [0.15, 0.2) is 5.78 Å². The van der Waals surface area contributed by atoms with Crippen LogP contribution in [0.3, 0.4) is 0 Å². The van der Waals surface area contributed by atoms with Gasteiger partial charge in [0, 0.05) is 5.69 Å². The van der Waals surface area contributed by atoms with Gasteiger partial charge in [-0.15, -0.1) is 0 Å². The van der Waals surface area contributed by atoms with Crippen LogP contribution in [-0.2, 0) is 4.79 Å². The Morgan fingerprint density at radius 3 is 2.84 bits per heavy atom. The smallest absolute Gasteiger partial charge is 0.248 e. The number of allylic oxidation sites excluding steroid dienone is 1. The molecule has 0 aliphatic carbocycles. The fraction of sp³-hybridized carbons (Fsp3) is 0.333. The Bertz CT molecular complexity index is 559. The second kappa shape index (κ2) is 4.88. The summed E-state index contributed by atoms with van der Waals surface area (Å²) >= 11 is 0. The Morgan fingerprint density at radius 1 is 1.42 bits per heavy atom. The maximum Gasteiger partial charge on any atom is 0.248 e. The van der Waals surface area contributed by atoms with Gasteiger partial charge < -0.3 is 10.1 Å². The maximum absolute atomic E-state index is 12.1. The van der Waals surface area contributed by atoms with E-state index in [0.29, 0.717) is 23.4 Å². The third kappa shape index (κ3) is 3.02. The molecule has 1 aromatic rings. The molecular weight excluding hydrogens is 242 g/mol. The summed E-state index contributed by atoms with van der Waals surface area (Å²) in [6.45, 7) is 5.54. The number of fused-ring (bicyclic) bond motifs is 1. The minimum atomic E-state index is -0.472. The molecular formula is C15H17NO3. The van der Waals surface area contributed by atoms with Crippen molar-refractivity contribution in [2.75, 3.05) is 5.32 Å². The monoisotopic (exact) mass is 259 g/mol. The zero-order chi connectivity index (χ0) is 14.0. The molecule has 1 N–H and O–H groups in total. The summed E-state index contributed by atoms with van der Waals surface area (Å²) < 4.78 is 5.75. The SMILES string of the molecule is C/C=C/C(=O)Nc1ccc2c(c1)C(=O)CC(C)(C)O2. The summed E-state index contributed by atoms with van der Waals surface area (Å²) in [5.74, 6) is 0.394. The van der Waals surface area contributed by atoms with Crippen LogP contribution < -0.4 is 10.1 Å². The first kappa shape index (κ1) is 13.3. The van der Waals surface area contributed by atoms with Crippen LogP contribution >= 0.6 is 0 Å². The normalized spacial score (nSPS) is 16.9. The topological polar surface area (TPSA) is 55.4 Å². The number of ketones is 1. The molecule has 1 heterocycles. The Hall–Kier alpha value is -2.10. The van der Waals surface area contributed by atoms with Crippen LogP contribution in [0, 0.1) is 0 Å². The molecule has 100 valence electrons. The molecule has 0 atom stereocenters. The third-order valence-corrected chi connectivity index (χ3v) is 2.84. The van der Waals surface area contributed by atoms with E-state index in [4.69, 9.17) is 4.74 Å². The van der Waals surface area contributed by atoms with Crippen molar-refractivity contribution in [2.45, 2.75) is 32.8 Å². The standard InChI is InChI=1S/C15H17NO3/c1-4-5-14(18)16-10-6-7-13-11(8-10)12(17)9-15(2,3)19-13/h4-8H,9H2,1-3H3,(H,16,18)/b5-4+. The van der Waals surface area contributed by atoms with Gasteiger partial charge in [0.1, 0.15) is 11.4 Å². The lowest BCUT2D eigenvalue weighted by atomic mass is 9.93. The number of benzene rings is 1. The van der Waals surface area contributed by atoms with Crippen LogP contribution in [0.2, 0.25) is 0 Å². The second-order valence-electron chi connectivity index (χ2n) is 5.16. The van der Waals surface area contributed by atoms with Crippen molar-refractivity contribution < 1.29 is 14.3 Å². The molecule has 1 amide bonds. The van der Waals surface area contributed by atoms with Crippen LogP contribution in [0.4, 0.5) is 5.69 Å². The Kier molecular flexibility index (Phi) is 3.42. The molecule has 19 heavy (non-hydrogen) atoms. The summed E-state index contributed by atoms with van der Waals surface area (Å²) in [7, 11) is 0. The van der Waals surface area contributed by atoms with Crippen molar-refractivity contribution in [1.29, 1.82) is 0 Å². The molecule has 1 aliphatic heterocycles. The zero-order valence-electron chi connectivity index (χ0n) is 11.3. The molecule has 0 saturated heterocycles. The summed E-state index contributed by atoms with van der Waals surface area (Å²) in [5.41, 5.74) is 0.649. The number of hydrogen-bond acceptors (Lipinski definition) is 3. The number of hydrogen-bond donors (Lipinski definition) is 1. The van der Waals surface area contributed by atoms with Gasteiger partial charge in [-0.3, -0.25) is 9.59 Å². The van der Waals surface area contributed by atoms with Gasteiger partial charge >= 0.3 is 0 Å². The van der Waals surface area contributed by atoms with Crippen molar-refractivity contribution >= 4 is 17.4 Å². The average Bonchev–Trinajstić information content (AvgIpc) is 2.29. The van der Waals surface area contributed by atoms with Gasteiger partial charge in [0.25, 0.3) is 0 Å². The molecule has 0 bridgehead atoms. The van der Waals surface area contributed by atoms with Crippen LogP contribution in [0.1, 0.15) is 37.6 Å². The molecule has 0 spiro atoms. The summed E-state index contributed by atoms with van der Waals surface area (Å²) in [4.78, 5) is 23.5. The highest BCUT2D eigenvalue weighted by Gasteiger charge is 2.32. The predicted octanol–water partition coefficient (Wildman–Crippen LogP) is 2.95. The van der Waals surface area contributed by atoms with Crippen molar-refractivity contribution in [3.63, 3.8) is 0 Å². The second-order valence-corrected chi connectivity index (χ2v) is 5.16. The largest absolute Gasteiger partial charge is 0.487 e. The van der Waals surface area contributed by atoms with Crippen molar-refractivity contribution in [1.82, 2.24) is 0 Å². The Labute approximate surface area is 112 Å². The third-order valence-electron chi connectivity index (χ3n) is 2.84. The molecule has 4 heteroatoms. The van der Waals surface area contributed by atoms with E-state index in [1.807, 2.05) is 13.8 Å². The lowest BCUT2D eigenvalue weighted by molar-refractivity contribution is -0.111. The van der Waals surface area contributed by atoms with Crippen LogP contribution in [0.25, 0.3) is 0 Å². The van der Waals surface area contributed by atoms with Crippen molar-refractivity contribution in [3.8, 4) is 5.75 Å². The van der Waals surface area contributed by atoms with Crippen LogP contribution in [0.5, 0.6) is 5.75 Å². The van der Waals surface area contributed by atoms with E-state index in [1.54, 1.807) is 31.2 Å². The van der Waals surface area contributed by atoms with Crippen molar-refractivity contribution in [2.24, 2.45) is 0 Å². The number of ether oxygens (including phenoxy) is 1. The van der Waals surface area contributed by atoms with E-state index in [1.165, 1.54) is 6.08 Å². The molecule has 1 aromatic carbocycles. The minimum absolute atomic E-state index is 0.0355. The quantitative estimate of drug-likeness (QED) is 0.831. The highest BCUT2D eigenvalue weighted by molar-refractivity contribution is 6.03. The number of amides is 1. The highest BCUT2D eigenvalue weighted by atomic mass is 16.5. The lowest BCUT2D eigenvalue weighted by Gasteiger charge is -2.31. The number of carbonyl (C=O) groups is 2. The molecule has 0 saturated carbocycles. The first-order valence-corrected chi connectivity index (χ1v) is 6.21. The molecule has 4 nitrogen and oxygen atoms in total. The van der Waals surface area contributed by atoms with Crippen LogP contribution in [-0.4, -0.2) is 17.3 Å². The van der Waals surface area contributed by atoms with Crippen molar-refractivity contribution in [3.05, 3.63) is 35.9 Å². The first-order chi connectivity index (χ1) is 8.91. The van der Waals surface area contributed by atoms with E-state index < -0.39 is 5.60 Å². The molecule has 2 rings (SSSR count). The lowest BCUT2D eigenvalue weighted by Crippen LogP contribution is -2.35. The number of rotatable bonds is 2. The van der Waals surface area contributed by atoms with E-state index in [0.717, 1.165) is 0 Å². The average molecular weight is 259 g/mol. The fourth-order valence-corrected chi connectivity index (χ4v) is 2.07. The Balaban J connectivity index is 2.27. The molecule has 0 unspecified atom stereocenters. The number of carbonyl (C=O) groups excluding carboxylic acids is 2. The van der Waals surface area contributed by atoms with Gasteiger partial charge in [-0.2, -0.15) is 0 Å². The minimum Gasteiger partial charge on any atom is -0.487 e. The molecule has 0 radical (unpaired) electrons. The van der Waals surface area contributed by atoms with E-state index in [9.17, 15) is 9.59 Å². The van der Waals surface area contributed by atoms with Gasteiger partial charge in [-0.25, -0.2) is 0 Å². The van der Waals surface area contributed by atoms with Gasteiger partial charge in [0.05, 0.1) is 12.0 Å². The number of nitrogens with one attached hydrogen (secondary N) is 1. The highest BCUT2D eigenvalue weighted by Crippen LogP contribution is 2.34. The summed E-state index contributed by atoms with van der Waals surface area (Å²) in [6, 6.07) is 5.11. The maximum atomic E-state index is 12.1. The Morgan fingerprint density at radius 2 is 2.16 bits per heavy atom. The molecule has 1 aliphatic rings. The number of anilines is 1. The van der Waals surface area contributed by atoms with Gasteiger partial charge in [-0.05, 0) is 45.0 Å². The van der Waals surface area contributed by atoms with E-state index in [-0.39, 0.29) is 11.7 Å². The summed E-state index contributed by atoms with van der Waals surface area (Å²) in [5, 5.41) is 2.70. The predicted molar refractivity (Wildman–Crippen MR) is 73.5 cm³/mol. The fourth-order valence-electron chi connectivity index (χ4n) is 2.07. The summed E-state index contributed by atoms with van der Waals surface area (Å²) in [6.07, 6.45) is 3.43. The van der Waals surface area contributed by atoms with Crippen LogP contribution in [0.15, 0.2) is 30.4 Å². The number of Topliss-reactive ketones (excluding diaryl/α,β-unsaturated/α-hetero) is 1. The van der Waals surface area contributed by atoms with E-state index in [2.05, 4.69) is 5.32 Å². The van der Waals surface area contributed by atoms with E-state index >= 15 is 0 Å². The van der Waals surface area contributed by atoms with Gasteiger partial charge in [0.2, 0.25) is 5.91 Å². The first-order valence-electron chi connectivity index (χ1n) is 6.21.